The maximum Gasteiger partial charge on any atom is 0.253 e. The third-order valence-corrected chi connectivity index (χ3v) is 5.48. The van der Waals surface area contributed by atoms with E-state index in [4.69, 9.17) is 17.3 Å². The smallest absolute Gasteiger partial charge is 0.253 e. The fourth-order valence-corrected chi connectivity index (χ4v) is 3.82. The van der Waals surface area contributed by atoms with E-state index in [-0.39, 0.29) is 22.9 Å². The van der Waals surface area contributed by atoms with Gasteiger partial charge in [0.25, 0.3) is 5.56 Å². The Morgan fingerprint density at radius 2 is 2.04 bits per heavy atom. The summed E-state index contributed by atoms with van der Waals surface area (Å²) in [5, 5.41) is 1.03. The predicted molar refractivity (Wildman–Crippen MR) is 109 cm³/mol. The number of carbonyl (C=O) groups is 1. The largest absolute Gasteiger partial charge is 0.383 e. The van der Waals surface area contributed by atoms with Gasteiger partial charge in [0.15, 0.2) is 10.9 Å². The SMILES string of the molecule is Cc1cc(C(=O)CSc2nc(N)cc(=O)[nH]2)c(C)n1Cc1ccccc1Cl. The molecule has 3 N–H and O–H groups in total. The van der Waals surface area contributed by atoms with Crippen molar-refractivity contribution in [1.82, 2.24) is 14.5 Å². The Morgan fingerprint density at radius 3 is 2.74 bits per heavy atom. The van der Waals surface area contributed by atoms with Gasteiger partial charge in [-0.2, -0.15) is 0 Å². The number of benzene rings is 1. The van der Waals surface area contributed by atoms with Crippen molar-refractivity contribution in [3.63, 3.8) is 0 Å². The van der Waals surface area contributed by atoms with E-state index in [9.17, 15) is 9.59 Å². The Balaban J connectivity index is 1.78. The molecule has 0 spiro atoms. The van der Waals surface area contributed by atoms with Crippen molar-refractivity contribution in [3.05, 3.63) is 74.3 Å². The lowest BCUT2D eigenvalue weighted by Gasteiger charge is -2.11. The number of nitrogen functional groups attached to an aromatic ring is 1. The molecule has 3 aromatic rings. The van der Waals surface area contributed by atoms with Gasteiger partial charge >= 0.3 is 0 Å². The van der Waals surface area contributed by atoms with Crippen LogP contribution in [-0.2, 0) is 6.54 Å². The van der Waals surface area contributed by atoms with E-state index in [1.54, 1.807) is 0 Å². The summed E-state index contributed by atoms with van der Waals surface area (Å²) >= 11 is 7.42. The molecule has 0 bridgehead atoms. The summed E-state index contributed by atoms with van der Waals surface area (Å²) in [4.78, 5) is 30.7. The topological polar surface area (TPSA) is 93.8 Å². The van der Waals surface area contributed by atoms with Gasteiger partial charge in [-0.25, -0.2) is 4.98 Å². The summed E-state index contributed by atoms with van der Waals surface area (Å²) in [5.74, 6) is 0.248. The number of halogens is 1. The Bertz CT molecular complexity index is 1060. The van der Waals surface area contributed by atoms with Crippen LogP contribution in [0.25, 0.3) is 0 Å². The maximum absolute atomic E-state index is 12.7. The first-order valence-corrected chi connectivity index (χ1v) is 9.64. The summed E-state index contributed by atoms with van der Waals surface area (Å²) < 4.78 is 2.07. The number of nitrogens with two attached hydrogens (primary N) is 1. The van der Waals surface area contributed by atoms with Crippen LogP contribution in [0.15, 0.2) is 46.3 Å². The third-order valence-electron chi connectivity index (χ3n) is 4.24. The number of H-pyrrole nitrogens is 1. The number of hydrogen-bond acceptors (Lipinski definition) is 5. The molecule has 0 fully saturated rings. The predicted octanol–water partition coefficient (Wildman–Crippen LogP) is 3.45. The van der Waals surface area contributed by atoms with Crippen LogP contribution >= 0.6 is 23.4 Å². The minimum absolute atomic E-state index is 0.0383. The van der Waals surface area contributed by atoms with Crippen molar-refractivity contribution in [2.24, 2.45) is 0 Å². The van der Waals surface area contributed by atoms with E-state index in [0.29, 0.717) is 22.3 Å². The van der Waals surface area contributed by atoms with Crippen molar-refractivity contribution in [2.45, 2.75) is 25.5 Å². The number of thioether (sulfide) groups is 1. The van der Waals surface area contributed by atoms with E-state index < -0.39 is 0 Å². The van der Waals surface area contributed by atoms with E-state index >= 15 is 0 Å². The van der Waals surface area contributed by atoms with Crippen molar-refractivity contribution < 1.29 is 4.79 Å². The number of ketones is 1. The molecular formula is C19H19ClN4O2S. The Morgan fingerprint density at radius 1 is 1.30 bits per heavy atom. The second-order valence-electron chi connectivity index (χ2n) is 6.15. The monoisotopic (exact) mass is 402 g/mol. The highest BCUT2D eigenvalue weighted by Gasteiger charge is 2.17. The second-order valence-corrected chi connectivity index (χ2v) is 7.52. The Kier molecular flexibility index (Phi) is 5.72. The van der Waals surface area contributed by atoms with Gasteiger partial charge in [0.1, 0.15) is 5.82 Å². The lowest BCUT2D eigenvalue weighted by Crippen LogP contribution is -2.11. The minimum Gasteiger partial charge on any atom is -0.383 e. The zero-order valence-corrected chi connectivity index (χ0v) is 16.5. The first kappa shape index (κ1) is 19.3. The van der Waals surface area contributed by atoms with E-state index in [0.717, 1.165) is 28.7 Å². The van der Waals surface area contributed by atoms with Gasteiger partial charge in [-0.05, 0) is 31.5 Å². The number of rotatable bonds is 6. The molecule has 0 atom stereocenters. The fraction of sp³-hybridized carbons (Fsp3) is 0.211. The number of aryl methyl sites for hydroxylation is 1. The fourth-order valence-electron chi connectivity index (χ4n) is 2.86. The Hall–Kier alpha value is -2.51. The molecule has 1 aromatic carbocycles. The zero-order valence-electron chi connectivity index (χ0n) is 15.0. The number of aromatic nitrogens is 3. The average Bonchev–Trinajstić information content (AvgIpc) is 2.89. The Labute approximate surface area is 165 Å². The molecule has 0 aliphatic carbocycles. The van der Waals surface area contributed by atoms with Crippen LogP contribution in [0, 0.1) is 13.8 Å². The van der Waals surface area contributed by atoms with Crippen molar-refractivity contribution in [3.8, 4) is 0 Å². The summed E-state index contributed by atoms with van der Waals surface area (Å²) in [6, 6.07) is 10.7. The van der Waals surface area contributed by atoms with Gasteiger partial charge in [-0.15, -0.1) is 0 Å². The molecule has 140 valence electrons. The summed E-state index contributed by atoms with van der Waals surface area (Å²) in [5.41, 5.74) is 8.74. The summed E-state index contributed by atoms with van der Waals surface area (Å²) in [7, 11) is 0. The molecule has 27 heavy (non-hydrogen) atoms. The molecule has 2 aromatic heterocycles. The minimum atomic E-state index is -0.338. The van der Waals surface area contributed by atoms with Gasteiger partial charge in [-0.3, -0.25) is 9.59 Å². The molecule has 0 saturated heterocycles. The molecular weight excluding hydrogens is 384 g/mol. The molecule has 0 saturated carbocycles. The van der Waals surface area contributed by atoms with Gasteiger partial charge in [0.2, 0.25) is 0 Å². The van der Waals surface area contributed by atoms with Gasteiger partial charge < -0.3 is 15.3 Å². The van der Waals surface area contributed by atoms with Crippen molar-refractivity contribution in [2.75, 3.05) is 11.5 Å². The van der Waals surface area contributed by atoms with Gasteiger partial charge in [-0.1, -0.05) is 41.6 Å². The molecule has 2 heterocycles. The molecule has 0 radical (unpaired) electrons. The number of hydrogen-bond donors (Lipinski definition) is 2. The number of aromatic amines is 1. The highest BCUT2D eigenvalue weighted by atomic mass is 35.5. The molecule has 0 unspecified atom stereocenters. The molecule has 8 heteroatoms. The lowest BCUT2D eigenvalue weighted by atomic mass is 10.2. The quantitative estimate of drug-likeness (QED) is 0.374. The summed E-state index contributed by atoms with van der Waals surface area (Å²) in [6.07, 6.45) is 0. The highest BCUT2D eigenvalue weighted by Crippen LogP contribution is 2.23. The third kappa shape index (κ3) is 4.43. The second kappa shape index (κ2) is 8.02. The highest BCUT2D eigenvalue weighted by molar-refractivity contribution is 7.99. The van der Waals surface area contributed by atoms with Crippen molar-refractivity contribution >= 4 is 35.0 Å². The van der Waals surface area contributed by atoms with Crippen molar-refractivity contribution in [1.29, 1.82) is 0 Å². The van der Waals surface area contributed by atoms with E-state index in [2.05, 4.69) is 14.5 Å². The van der Waals surface area contributed by atoms with Gasteiger partial charge in [0, 0.05) is 34.6 Å². The number of carbonyl (C=O) groups excluding carboxylic acids is 1. The van der Waals surface area contributed by atoms with Crippen LogP contribution in [0.5, 0.6) is 0 Å². The lowest BCUT2D eigenvalue weighted by molar-refractivity contribution is 0.102. The normalized spacial score (nSPS) is 10.9. The molecule has 0 amide bonds. The number of nitrogens with zero attached hydrogens (tertiary/aromatic N) is 2. The van der Waals surface area contributed by atoms with Crippen LogP contribution in [0.4, 0.5) is 5.82 Å². The first-order valence-electron chi connectivity index (χ1n) is 8.28. The molecule has 6 nitrogen and oxygen atoms in total. The van der Waals surface area contributed by atoms with E-state index in [1.807, 2.05) is 44.2 Å². The number of Topliss-reactive ketones (excluding diaryl/α,β-unsaturated/α-hetero) is 1. The first-order chi connectivity index (χ1) is 12.8. The van der Waals surface area contributed by atoms with Crippen LogP contribution in [0.2, 0.25) is 5.02 Å². The summed E-state index contributed by atoms with van der Waals surface area (Å²) in [6.45, 7) is 4.48. The van der Waals surface area contributed by atoms with Crippen LogP contribution in [0.3, 0.4) is 0 Å². The zero-order chi connectivity index (χ0) is 19.6. The molecule has 0 aliphatic rings. The van der Waals surface area contributed by atoms with Gasteiger partial charge in [0.05, 0.1) is 5.75 Å². The average molecular weight is 403 g/mol. The standard InChI is InChI=1S/C19H19ClN4O2S/c1-11-7-14(12(2)24(11)9-13-5-3-4-6-15(13)20)16(25)10-27-19-22-17(21)8-18(26)23-19/h3-8H,9-10H2,1-2H3,(H3,21,22,23,26). The maximum atomic E-state index is 12.7. The molecule has 0 aliphatic heterocycles. The van der Waals surface area contributed by atoms with Crippen LogP contribution in [0.1, 0.15) is 27.3 Å². The van der Waals surface area contributed by atoms with Crippen LogP contribution in [-0.4, -0.2) is 26.1 Å². The number of nitrogens with one attached hydrogen (secondary N) is 1. The molecule has 3 rings (SSSR count). The number of anilines is 1. The van der Waals surface area contributed by atoms with E-state index in [1.165, 1.54) is 6.07 Å². The van der Waals surface area contributed by atoms with Crippen LogP contribution < -0.4 is 11.3 Å².